The number of fused-ring (bicyclic) bond motifs is 3. The van der Waals surface area contributed by atoms with E-state index in [-0.39, 0.29) is 17.4 Å². The molecule has 0 radical (unpaired) electrons. The molecule has 3 fully saturated rings. The molecular weight excluding hydrogens is 431 g/mol. The van der Waals surface area contributed by atoms with E-state index in [0.29, 0.717) is 31.2 Å². The van der Waals surface area contributed by atoms with E-state index in [2.05, 4.69) is 10.3 Å². The van der Waals surface area contributed by atoms with Crippen molar-refractivity contribution in [2.24, 2.45) is 5.92 Å². The third kappa shape index (κ3) is 3.67. The summed E-state index contributed by atoms with van der Waals surface area (Å²) in [4.78, 5) is 31.7. The maximum absolute atomic E-state index is 13.3. The molecule has 1 aliphatic carbocycles. The molecule has 3 aliphatic rings. The molecule has 2 saturated heterocycles. The lowest BCUT2D eigenvalue weighted by atomic mass is 9.65. The van der Waals surface area contributed by atoms with E-state index in [1.807, 2.05) is 0 Å². The summed E-state index contributed by atoms with van der Waals surface area (Å²) in [5.74, 6) is -0.722. The fourth-order valence-corrected chi connectivity index (χ4v) is 5.20. The highest BCUT2D eigenvalue weighted by atomic mass is 35.5. The quantitative estimate of drug-likeness (QED) is 0.737. The minimum Gasteiger partial charge on any atom is -0.343 e. The van der Waals surface area contributed by atoms with Gasteiger partial charge in [-0.2, -0.15) is 13.2 Å². The van der Waals surface area contributed by atoms with Crippen molar-refractivity contribution in [2.75, 3.05) is 7.05 Å². The number of alkyl halides is 3. The van der Waals surface area contributed by atoms with Crippen molar-refractivity contribution in [3.63, 3.8) is 0 Å². The molecule has 1 N–H and O–H groups in total. The highest BCUT2D eigenvalue weighted by Gasteiger charge is 2.54. The zero-order valence-corrected chi connectivity index (χ0v) is 17.5. The summed E-state index contributed by atoms with van der Waals surface area (Å²) < 4.78 is 39.8. The van der Waals surface area contributed by atoms with Crippen molar-refractivity contribution in [2.45, 2.75) is 43.4 Å². The average molecular weight is 452 g/mol. The van der Waals surface area contributed by atoms with E-state index >= 15 is 0 Å². The highest BCUT2D eigenvalue weighted by molar-refractivity contribution is 6.34. The number of likely N-dealkylation sites (N-methyl/N-ethyl adjacent to an activating group) is 1. The van der Waals surface area contributed by atoms with Gasteiger partial charge < -0.3 is 10.2 Å². The predicted molar refractivity (Wildman–Crippen MR) is 108 cm³/mol. The molecule has 0 spiro atoms. The van der Waals surface area contributed by atoms with Crippen molar-refractivity contribution < 1.29 is 22.8 Å². The first-order valence-electron chi connectivity index (χ1n) is 9.99. The smallest absolute Gasteiger partial charge is 0.343 e. The molecule has 1 aromatic heterocycles. The van der Waals surface area contributed by atoms with Gasteiger partial charge in [0, 0.05) is 25.4 Å². The number of carbonyl (C=O) groups excluding carboxylic acids is 2. The van der Waals surface area contributed by atoms with E-state index < -0.39 is 34.3 Å². The van der Waals surface area contributed by atoms with E-state index in [0.717, 1.165) is 12.1 Å². The number of halogens is 4. The van der Waals surface area contributed by atoms with Crippen LogP contribution in [0, 0.1) is 5.92 Å². The van der Waals surface area contributed by atoms with E-state index in [1.165, 1.54) is 6.07 Å². The Bertz CT molecular complexity index is 1000. The second-order valence-corrected chi connectivity index (χ2v) is 8.51. The lowest BCUT2D eigenvalue weighted by Gasteiger charge is -2.56. The van der Waals surface area contributed by atoms with Gasteiger partial charge in [0.25, 0.3) is 5.91 Å². The first kappa shape index (κ1) is 21.6. The number of aromatic nitrogens is 1. The molecule has 31 heavy (non-hydrogen) atoms. The topological polar surface area (TPSA) is 62.3 Å². The van der Waals surface area contributed by atoms with Crippen LogP contribution < -0.4 is 5.32 Å². The van der Waals surface area contributed by atoms with Crippen molar-refractivity contribution >= 4 is 23.4 Å². The first-order valence-corrected chi connectivity index (χ1v) is 10.4. The third-order valence-corrected chi connectivity index (χ3v) is 6.99. The van der Waals surface area contributed by atoms with Crippen LogP contribution in [0.1, 0.15) is 53.2 Å². The second kappa shape index (κ2) is 7.82. The predicted octanol–water partition coefficient (Wildman–Crippen LogP) is 4.63. The van der Waals surface area contributed by atoms with Gasteiger partial charge in [0.1, 0.15) is 0 Å². The fourth-order valence-electron chi connectivity index (χ4n) is 4.89. The Kier molecular flexibility index (Phi) is 5.45. The number of benzene rings is 1. The molecule has 164 valence electrons. The van der Waals surface area contributed by atoms with Crippen LogP contribution in [0.15, 0.2) is 42.7 Å². The number of pyridine rings is 1. The Morgan fingerprint density at radius 3 is 2.58 bits per heavy atom. The Balaban J connectivity index is 1.74. The average Bonchev–Trinajstić information content (AvgIpc) is 2.75. The van der Waals surface area contributed by atoms with E-state index in [4.69, 9.17) is 11.6 Å². The minimum absolute atomic E-state index is 0.0185. The molecule has 1 saturated carbocycles. The van der Waals surface area contributed by atoms with Gasteiger partial charge in [-0.1, -0.05) is 23.7 Å². The molecule has 2 aliphatic heterocycles. The van der Waals surface area contributed by atoms with E-state index in [1.54, 1.807) is 36.5 Å². The zero-order valence-electron chi connectivity index (χ0n) is 16.7. The van der Waals surface area contributed by atoms with Gasteiger partial charge in [0.05, 0.1) is 27.7 Å². The van der Waals surface area contributed by atoms with Gasteiger partial charge in [-0.25, -0.2) is 0 Å². The molecule has 1 aromatic carbocycles. The number of hydrogen-bond donors (Lipinski definition) is 1. The van der Waals surface area contributed by atoms with Crippen molar-refractivity contribution in [1.29, 1.82) is 0 Å². The molecule has 5 rings (SSSR count). The second-order valence-electron chi connectivity index (χ2n) is 8.13. The molecule has 2 bridgehead atoms. The van der Waals surface area contributed by atoms with Crippen LogP contribution >= 0.6 is 11.6 Å². The van der Waals surface area contributed by atoms with Gasteiger partial charge in [-0.15, -0.1) is 0 Å². The van der Waals surface area contributed by atoms with Crippen LogP contribution in [0.3, 0.4) is 0 Å². The molecule has 3 heterocycles. The first-order chi connectivity index (χ1) is 14.6. The number of carbonyl (C=O) groups is 2. The number of amides is 2. The Hall–Kier alpha value is -2.61. The highest BCUT2D eigenvalue weighted by Crippen LogP contribution is 2.49. The standard InChI is InChI=1S/C22H21ClF3N3O2/c1-29-20(31)13-7-9-21(29,10-8-13)18(14-4-3-11-27-12-14)28-19(30)15-5-2-6-16(17(15)23)22(24,25)26/h2-6,11-13,18H,7-10H2,1H3,(H,28,30). The molecule has 9 heteroatoms. The van der Waals surface area contributed by atoms with Crippen LogP contribution in [0.25, 0.3) is 0 Å². The van der Waals surface area contributed by atoms with Crippen LogP contribution in [0.5, 0.6) is 0 Å². The van der Waals surface area contributed by atoms with Crippen LogP contribution in [-0.4, -0.2) is 34.3 Å². The molecule has 5 nitrogen and oxygen atoms in total. The Labute approximate surface area is 182 Å². The number of nitrogens with one attached hydrogen (secondary N) is 1. The summed E-state index contributed by atoms with van der Waals surface area (Å²) in [5.41, 5.74) is -1.33. The third-order valence-electron chi connectivity index (χ3n) is 6.58. The fraction of sp³-hybridized carbons (Fsp3) is 0.409. The summed E-state index contributed by atoms with van der Waals surface area (Å²) in [7, 11) is 1.72. The summed E-state index contributed by atoms with van der Waals surface area (Å²) in [6, 6.07) is 6.12. The van der Waals surface area contributed by atoms with Crippen molar-refractivity contribution in [3.8, 4) is 0 Å². The number of nitrogens with zero attached hydrogens (tertiary/aromatic N) is 2. The normalized spacial score (nSPS) is 24.2. The molecule has 2 aromatic rings. The SMILES string of the molecule is CN1C(=O)C2CCC1(C(NC(=O)c1cccc(C(F)(F)F)c1Cl)c1cccnc1)CC2. The summed E-state index contributed by atoms with van der Waals surface area (Å²) >= 11 is 5.97. The summed E-state index contributed by atoms with van der Waals surface area (Å²) in [6.45, 7) is 0. The molecule has 2 amide bonds. The molecule has 1 atom stereocenters. The zero-order chi connectivity index (χ0) is 22.4. The number of piperidine rings is 2. The monoisotopic (exact) mass is 451 g/mol. The van der Waals surface area contributed by atoms with Crippen molar-refractivity contribution in [1.82, 2.24) is 15.2 Å². The van der Waals surface area contributed by atoms with Crippen LogP contribution in [-0.2, 0) is 11.0 Å². The van der Waals surface area contributed by atoms with Gasteiger partial charge in [-0.05, 0) is 49.4 Å². The van der Waals surface area contributed by atoms with Crippen molar-refractivity contribution in [3.05, 3.63) is 64.4 Å². The Morgan fingerprint density at radius 2 is 1.97 bits per heavy atom. The molecule has 1 unspecified atom stereocenters. The lowest BCUT2D eigenvalue weighted by molar-refractivity contribution is -0.156. The maximum Gasteiger partial charge on any atom is 0.417 e. The van der Waals surface area contributed by atoms with Crippen LogP contribution in [0.2, 0.25) is 5.02 Å². The van der Waals surface area contributed by atoms with Gasteiger partial charge in [0.2, 0.25) is 5.91 Å². The van der Waals surface area contributed by atoms with Gasteiger partial charge in [-0.3, -0.25) is 14.6 Å². The van der Waals surface area contributed by atoms with Crippen LogP contribution in [0.4, 0.5) is 13.2 Å². The minimum atomic E-state index is -4.68. The summed E-state index contributed by atoms with van der Waals surface area (Å²) in [6.07, 6.45) is 1.29. The molecular formula is C22H21ClF3N3O2. The number of hydrogen-bond acceptors (Lipinski definition) is 3. The largest absolute Gasteiger partial charge is 0.417 e. The van der Waals surface area contributed by atoms with Gasteiger partial charge in [0.15, 0.2) is 0 Å². The maximum atomic E-state index is 13.3. The Morgan fingerprint density at radius 1 is 1.26 bits per heavy atom. The lowest BCUT2D eigenvalue weighted by Crippen LogP contribution is -2.65. The summed E-state index contributed by atoms with van der Waals surface area (Å²) in [5, 5.41) is 2.23. The van der Waals surface area contributed by atoms with E-state index in [9.17, 15) is 22.8 Å². The van der Waals surface area contributed by atoms with Gasteiger partial charge >= 0.3 is 6.18 Å². The number of rotatable bonds is 4.